The summed E-state index contributed by atoms with van der Waals surface area (Å²) in [4.78, 5) is 12.1. The lowest BCUT2D eigenvalue weighted by Crippen LogP contribution is -2.28. The van der Waals surface area contributed by atoms with E-state index in [1.807, 2.05) is 48.5 Å². The second-order valence-corrected chi connectivity index (χ2v) is 5.25. The number of hydrogen-bond donors (Lipinski definition) is 1. The average molecular weight is 297 g/mol. The summed E-state index contributed by atoms with van der Waals surface area (Å²) < 4.78 is 10.9. The van der Waals surface area contributed by atoms with Crippen molar-refractivity contribution in [3.8, 4) is 16.9 Å². The van der Waals surface area contributed by atoms with E-state index in [0.717, 1.165) is 28.9 Å². The van der Waals surface area contributed by atoms with Crippen molar-refractivity contribution in [2.45, 2.75) is 12.5 Å². The van der Waals surface area contributed by atoms with E-state index in [-0.39, 0.29) is 5.91 Å². The van der Waals surface area contributed by atoms with E-state index < -0.39 is 6.10 Å². The van der Waals surface area contributed by atoms with Crippen molar-refractivity contribution in [2.75, 3.05) is 20.3 Å². The van der Waals surface area contributed by atoms with Crippen LogP contribution in [0.15, 0.2) is 48.5 Å². The summed E-state index contributed by atoms with van der Waals surface area (Å²) in [5, 5.41) is 2.89. The van der Waals surface area contributed by atoms with Gasteiger partial charge in [-0.1, -0.05) is 30.3 Å². The molecule has 1 fully saturated rings. The lowest BCUT2D eigenvalue weighted by Gasteiger charge is -2.15. The number of carbonyl (C=O) groups is 1. The van der Waals surface area contributed by atoms with Gasteiger partial charge in [0.2, 0.25) is 0 Å². The third-order valence-corrected chi connectivity index (χ3v) is 3.76. The highest BCUT2D eigenvalue weighted by molar-refractivity contribution is 5.83. The number of methoxy groups -OCH3 is 1. The second-order valence-electron chi connectivity index (χ2n) is 5.25. The zero-order valence-corrected chi connectivity index (χ0v) is 12.5. The van der Waals surface area contributed by atoms with Gasteiger partial charge in [0, 0.05) is 13.2 Å². The molecule has 4 heteroatoms. The molecular formula is C18H19NO3. The largest absolute Gasteiger partial charge is 0.497 e. The molecule has 1 N–H and O–H groups in total. The Bertz CT molecular complexity index is 652. The van der Waals surface area contributed by atoms with E-state index in [9.17, 15) is 4.79 Å². The first-order valence-electron chi connectivity index (χ1n) is 7.41. The molecule has 0 radical (unpaired) electrons. The van der Waals surface area contributed by atoms with E-state index in [1.165, 1.54) is 0 Å². The fraction of sp³-hybridized carbons (Fsp3) is 0.278. The van der Waals surface area contributed by atoms with Gasteiger partial charge in [-0.2, -0.15) is 0 Å². The Morgan fingerprint density at radius 2 is 1.95 bits per heavy atom. The fourth-order valence-electron chi connectivity index (χ4n) is 2.57. The van der Waals surface area contributed by atoms with Crippen LogP contribution in [0.25, 0.3) is 11.1 Å². The zero-order chi connectivity index (χ0) is 15.4. The van der Waals surface area contributed by atoms with E-state index >= 15 is 0 Å². The molecule has 0 aliphatic carbocycles. The van der Waals surface area contributed by atoms with Gasteiger partial charge in [0.25, 0.3) is 5.91 Å². The highest BCUT2D eigenvalue weighted by atomic mass is 16.5. The van der Waals surface area contributed by atoms with Crippen LogP contribution in [-0.4, -0.2) is 26.2 Å². The summed E-state index contributed by atoms with van der Waals surface area (Å²) in [7, 11) is 1.65. The van der Waals surface area contributed by atoms with Gasteiger partial charge in [0.05, 0.1) is 7.11 Å². The lowest BCUT2D eigenvalue weighted by atomic mass is 10.00. The van der Waals surface area contributed by atoms with Gasteiger partial charge in [0.1, 0.15) is 5.75 Å². The van der Waals surface area contributed by atoms with E-state index in [0.29, 0.717) is 13.2 Å². The van der Waals surface area contributed by atoms with Crippen molar-refractivity contribution in [3.05, 3.63) is 54.1 Å². The van der Waals surface area contributed by atoms with Crippen LogP contribution in [0.4, 0.5) is 0 Å². The molecule has 2 aromatic carbocycles. The normalized spacial score (nSPS) is 18.4. The first-order valence-corrected chi connectivity index (χ1v) is 7.41. The first kappa shape index (κ1) is 14.6. The number of rotatable bonds is 3. The first-order chi connectivity index (χ1) is 10.8. The molecule has 1 amide bonds. The minimum Gasteiger partial charge on any atom is -0.497 e. The van der Waals surface area contributed by atoms with Crippen molar-refractivity contribution in [1.82, 2.24) is 5.32 Å². The van der Waals surface area contributed by atoms with Crippen molar-refractivity contribution in [3.63, 3.8) is 0 Å². The maximum Gasteiger partial charge on any atom is 0.253 e. The summed E-state index contributed by atoms with van der Waals surface area (Å²) in [5.74, 6) is 0.760. The van der Waals surface area contributed by atoms with Crippen LogP contribution >= 0.6 is 0 Å². The maximum atomic E-state index is 12.1. The summed E-state index contributed by atoms with van der Waals surface area (Å²) in [6.45, 7) is 1.27. The molecule has 1 aliphatic rings. The van der Waals surface area contributed by atoms with E-state index in [4.69, 9.17) is 9.47 Å². The number of hydrogen-bond acceptors (Lipinski definition) is 3. The van der Waals surface area contributed by atoms with Crippen molar-refractivity contribution < 1.29 is 14.3 Å². The van der Waals surface area contributed by atoms with E-state index in [1.54, 1.807) is 7.11 Å². The minimum atomic E-state index is -0.527. The third kappa shape index (κ3) is 3.12. The Morgan fingerprint density at radius 3 is 2.73 bits per heavy atom. The lowest BCUT2D eigenvalue weighted by molar-refractivity contribution is -0.131. The van der Waals surface area contributed by atoms with Crippen LogP contribution in [0.3, 0.4) is 0 Å². The number of amides is 1. The summed E-state index contributed by atoms with van der Waals surface area (Å²) in [6, 6.07) is 15.8. The highest BCUT2D eigenvalue weighted by Crippen LogP contribution is 2.27. The zero-order valence-electron chi connectivity index (χ0n) is 12.5. The molecule has 1 atom stereocenters. The second kappa shape index (κ2) is 6.62. The van der Waals surface area contributed by atoms with Crippen LogP contribution in [0, 0.1) is 0 Å². The van der Waals surface area contributed by atoms with Gasteiger partial charge in [-0.25, -0.2) is 0 Å². The van der Waals surface area contributed by atoms with Gasteiger partial charge in [0.15, 0.2) is 6.10 Å². The van der Waals surface area contributed by atoms with Gasteiger partial charge in [-0.15, -0.1) is 0 Å². The Kier molecular flexibility index (Phi) is 4.39. The quantitative estimate of drug-likeness (QED) is 0.947. The van der Waals surface area contributed by atoms with Crippen LogP contribution in [-0.2, 0) is 9.53 Å². The summed E-state index contributed by atoms with van der Waals surface area (Å²) in [6.07, 6.45) is 0.320. The molecule has 4 nitrogen and oxygen atoms in total. The van der Waals surface area contributed by atoms with Crippen molar-refractivity contribution in [2.24, 2.45) is 0 Å². The molecule has 1 heterocycles. The SMILES string of the molecule is COc1ccc(-c2cccc(C3OCCCNC3=O)c2)cc1. The molecule has 0 saturated carbocycles. The fourth-order valence-corrected chi connectivity index (χ4v) is 2.57. The molecule has 114 valence electrons. The molecule has 0 bridgehead atoms. The van der Waals surface area contributed by atoms with Gasteiger partial charge < -0.3 is 14.8 Å². The molecule has 0 aromatic heterocycles. The summed E-state index contributed by atoms with van der Waals surface area (Å²) in [5.41, 5.74) is 3.02. The number of benzene rings is 2. The molecule has 0 spiro atoms. The molecule has 2 aromatic rings. The molecule has 1 aliphatic heterocycles. The smallest absolute Gasteiger partial charge is 0.253 e. The monoisotopic (exact) mass is 297 g/mol. The van der Waals surface area contributed by atoms with Gasteiger partial charge in [-0.3, -0.25) is 4.79 Å². The van der Waals surface area contributed by atoms with Crippen molar-refractivity contribution in [1.29, 1.82) is 0 Å². The Morgan fingerprint density at radius 1 is 1.14 bits per heavy atom. The Balaban J connectivity index is 1.89. The van der Waals surface area contributed by atoms with Crippen LogP contribution in [0.1, 0.15) is 18.1 Å². The Hall–Kier alpha value is -2.33. The molecule has 22 heavy (non-hydrogen) atoms. The molecule has 1 saturated heterocycles. The maximum absolute atomic E-state index is 12.1. The summed E-state index contributed by atoms with van der Waals surface area (Å²) >= 11 is 0. The average Bonchev–Trinajstić information content (AvgIpc) is 2.79. The van der Waals surface area contributed by atoms with Gasteiger partial charge >= 0.3 is 0 Å². The molecular weight excluding hydrogens is 278 g/mol. The van der Waals surface area contributed by atoms with Crippen LogP contribution < -0.4 is 10.1 Å². The van der Waals surface area contributed by atoms with Crippen molar-refractivity contribution >= 4 is 5.91 Å². The van der Waals surface area contributed by atoms with Crippen LogP contribution in [0.5, 0.6) is 5.75 Å². The third-order valence-electron chi connectivity index (χ3n) is 3.76. The molecule has 1 unspecified atom stereocenters. The van der Waals surface area contributed by atoms with Gasteiger partial charge in [-0.05, 0) is 41.3 Å². The predicted octanol–water partition coefficient (Wildman–Crippen LogP) is 2.94. The number of nitrogens with one attached hydrogen (secondary N) is 1. The molecule has 3 rings (SSSR count). The minimum absolute atomic E-state index is 0.0654. The van der Waals surface area contributed by atoms with E-state index in [2.05, 4.69) is 5.32 Å². The number of ether oxygens (including phenoxy) is 2. The number of carbonyl (C=O) groups excluding carboxylic acids is 1. The van der Waals surface area contributed by atoms with Crippen LogP contribution in [0.2, 0.25) is 0 Å². The Labute approximate surface area is 130 Å². The highest BCUT2D eigenvalue weighted by Gasteiger charge is 2.23. The topological polar surface area (TPSA) is 47.6 Å². The standard InChI is InChI=1S/C18H19NO3/c1-21-16-8-6-13(7-9-16)14-4-2-5-15(12-14)17-18(20)19-10-3-11-22-17/h2,4-9,12,17H,3,10-11H2,1H3,(H,19,20). The predicted molar refractivity (Wildman–Crippen MR) is 84.7 cm³/mol.